The van der Waals surface area contributed by atoms with Gasteiger partial charge in [0, 0.05) is 5.54 Å². The lowest BCUT2D eigenvalue weighted by Crippen LogP contribution is -2.57. The van der Waals surface area contributed by atoms with Crippen molar-refractivity contribution in [2.45, 2.75) is 70.4 Å². The molecule has 0 radical (unpaired) electrons. The maximum absolute atomic E-state index is 11.9. The molecule has 0 aromatic rings. The quantitative estimate of drug-likeness (QED) is 0.679. The van der Waals surface area contributed by atoms with Gasteiger partial charge in [-0.05, 0) is 33.6 Å². The molecule has 110 valence electrons. The molecule has 3 N–H and O–H groups in total. The van der Waals surface area contributed by atoms with Crippen molar-refractivity contribution < 1.29 is 14.7 Å². The minimum atomic E-state index is -1.06. The minimum Gasteiger partial charge on any atom is -0.480 e. The fourth-order valence-corrected chi connectivity index (χ4v) is 2.38. The zero-order chi connectivity index (χ0) is 14.5. The maximum Gasteiger partial charge on any atom is 0.329 e. The van der Waals surface area contributed by atoms with Crippen molar-refractivity contribution in [3.8, 4) is 0 Å². The highest BCUT2D eigenvalue weighted by Crippen LogP contribution is 2.27. The number of carbonyl (C=O) groups is 2. The number of rotatable bonds is 4. The van der Waals surface area contributed by atoms with E-state index >= 15 is 0 Å². The molecule has 1 amide bonds. The summed E-state index contributed by atoms with van der Waals surface area (Å²) in [4.78, 5) is 23.5. The van der Waals surface area contributed by atoms with Crippen molar-refractivity contribution >= 4 is 11.9 Å². The van der Waals surface area contributed by atoms with Crippen LogP contribution in [0.25, 0.3) is 0 Å². The van der Waals surface area contributed by atoms with Gasteiger partial charge in [-0.15, -0.1) is 0 Å². The smallest absolute Gasteiger partial charge is 0.329 e. The molecular formula is C14H26N2O3. The van der Waals surface area contributed by atoms with Gasteiger partial charge in [-0.3, -0.25) is 4.79 Å². The molecule has 19 heavy (non-hydrogen) atoms. The molecule has 1 rings (SSSR count). The first-order chi connectivity index (χ1) is 8.75. The lowest BCUT2D eigenvalue weighted by Gasteiger charge is -2.30. The number of carboxylic acid groups (broad SMARTS) is 1. The van der Waals surface area contributed by atoms with E-state index in [0.29, 0.717) is 12.8 Å². The summed E-state index contributed by atoms with van der Waals surface area (Å²) in [6, 6.07) is 0. The van der Waals surface area contributed by atoms with Crippen LogP contribution in [0.1, 0.15) is 59.3 Å². The molecule has 0 aromatic carbocycles. The molecule has 1 saturated carbocycles. The normalized spacial score (nSPS) is 19.5. The Morgan fingerprint density at radius 2 is 1.63 bits per heavy atom. The van der Waals surface area contributed by atoms with Crippen molar-refractivity contribution in [3.05, 3.63) is 0 Å². The molecule has 0 unspecified atom stereocenters. The van der Waals surface area contributed by atoms with E-state index in [1.165, 1.54) is 0 Å². The molecule has 5 heteroatoms. The Hall–Kier alpha value is -1.10. The van der Waals surface area contributed by atoms with E-state index < -0.39 is 11.5 Å². The van der Waals surface area contributed by atoms with E-state index in [4.69, 9.17) is 0 Å². The first-order valence-electron chi connectivity index (χ1n) is 7.05. The molecule has 1 fully saturated rings. The monoisotopic (exact) mass is 270 g/mol. The zero-order valence-electron chi connectivity index (χ0n) is 12.2. The summed E-state index contributed by atoms with van der Waals surface area (Å²) >= 11 is 0. The van der Waals surface area contributed by atoms with Crippen LogP contribution >= 0.6 is 0 Å². The number of aliphatic carboxylic acids is 1. The van der Waals surface area contributed by atoms with Gasteiger partial charge < -0.3 is 15.7 Å². The Balaban J connectivity index is 2.62. The first-order valence-corrected chi connectivity index (χ1v) is 7.05. The van der Waals surface area contributed by atoms with Gasteiger partial charge in [-0.25, -0.2) is 4.79 Å². The Labute approximate surface area is 115 Å². The molecule has 5 nitrogen and oxygen atoms in total. The number of hydrogen-bond acceptors (Lipinski definition) is 3. The first kappa shape index (κ1) is 16.0. The molecule has 0 bridgehead atoms. The van der Waals surface area contributed by atoms with E-state index in [9.17, 15) is 14.7 Å². The number of nitrogens with one attached hydrogen (secondary N) is 2. The van der Waals surface area contributed by atoms with Crippen LogP contribution in [0.15, 0.2) is 0 Å². The van der Waals surface area contributed by atoms with Gasteiger partial charge in [-0.1, -0.05) is 25.7 Å². The fourth-order valence-electron chi connectivity index (χ4n) is 2.38. The summed E-state index contributed by atoms with van der Waals surface area (Å²) in [5.41, 5.74) is -1.22. The zero-order valence-corrected chi connectivity index (χ0v) is 12.2. The summed E-state index contributed by atoms with van der Waals surface area (Å²) < 4.78 is 0. The van der Waals surface area contributed by atoms with Crippen molar-refractivity contribution in [1.82, 2.24) is 10.6 Å². The van der Waals surface area contributed by atoms with Crippen LogP contribution in [-0.2, 0) is 9.59 Å². The molecule has 1 aliphatic rings. The van der Waals surface area contributed by atoms with Crippen molar-refractivity contribution in [2.75, 3.05) is 6.54 Å². The molecule has 0 aromatic heterocycles. The Bertz CT molecular complexity index is 326. The molecule has 0 heterocycles. The van der Waals surface area contributed by atoms with Crippen LogP contribution in [0.2, 0.25) is 0 Å². The SMILES string of the molecule is CC(C)(C)NCC(=O)NC1(C(=O)O)CCCCCC1. The van der Waals surface area contributed by atoms with Crippen molar-refractivity contribution in [1.29, 1.82) is 0 Å². The van der Waals surface area contributed by atoms with Crippen LogP contribution in [0.5, 0.6) is 0 Å². The highest BCUT2D eigenvalue weighted by molar-refractivity contribution is 5.87. The summed E-state index contributed by atoms with van der Waals surface area (Å²) in [5.74, 6) is -1.14. The maximum atomic E-state index is 11.9. The third kappa shape index (κ3) is 5.19. The van der Waals surface area contributed by atoms with Crippen molar-refractivity contribution in [3.63, 3.8) is 0 Å². The van der Waals surface area contributed by atoms with Crippen LogP contribution in [0.4, 0.5) is 0 Å². The van der Waals surface area contributed by atoms with Gasteiger partial charge >= 0.3 is 5.97 Å². The third-order valence-corrected chi connectivity index (χ3v) is 3.52. The van der Waals surface area contributed by atoms with Gasteiger partial charge in [-0.2, -0.15) is 0 Å². The van der Waals surface area contributed by atoms with Crippen LogP contribution in [0, 0.1) is 0 Å². The van der Waals surface area contributed by atoms with Crippen molar-refractivity contribution in [2.24, 2.45) is 0 Å². The average Bonchev–Trinajstić information content (AvgIpc) is 2.52. The highest BCUT2D eigenvalue weighted by atomic mass is 16.4. The summed E-state index contributed by atoms with van der Waals surface area (Å²) in [7, 11) is 0. The Morgan fingerprint density at radius 1 is 1.11 bits per heavy atom. The minimum absolute atomic E-state index is 0.151. The van der Waals surface area contributed by atoms with E-state index in [1.54, 1.807) is 0 Å². The van der Waals surface area contributed by atoms with Gasteiger partial charge in [0.25, 0.3) is 0 Å². The predicted octanol–water partition coefficient (Wildman–Crippen LogP) is 1.67. The molecule has 0 aliphatic heterocycles. The van der Waals surface area contributed by atoms with Gasteiger partial charge in [0.15, 0.2) is 0 Å². The third-order valence-electron chi connectivity index (χ3n) is 3.52. The number of hydrogen-bond donors (Lipinski definition) is 3. The van der Waals surface area contributed by atoms with E-state index in [2.05, 4.69) is 10.6 Å². The van der Waals surface area contributed by atoms with Crippen LogP contribution < -0.4 is 10.6 Å². The van der Waals surface area contributed by atoms with Gasteiger partial charge in [0.1, 0.15) is 5.54 Å². The number of carboxylic acids is 1. The van der Waals surface area contributed by atoms with E-state index in [0.717, 1.165) is 25.7 Å². The Kier molecular flexibility index (Phi) is 5.35. The number of carbonyl (C=O) groups excluding carboxylic acids is 1. The van der Waals surface area contributed by atoms with Gasteiger partial charge in [0.2, 0.25) is 5.91 Å². The lowest BCUT2D eigenvalue weighted by molar-refractivity contribution is -0.148. The average molecular weight is 270 g/mol. The van der Waals surface area contributed by atoms with Crippen LogP contribution in [0.3, 0.4) is 0 Å². The van der Waals surface area contributed by atoms with Gasteiger partial charge in [0.05, 0.1) is 6.54 Å². The molecule has 1 aliphatic carbocycles. The molecule has 0 atom stereocenters. The molecular weight excluding hydrogens is 244 g/mol. The lowest BCUT2D eigenvalue weighted by atomic mass is 9.90. The van der Waals surface area contributed by atoms with E-state index in [1.807, 2.05) is 20.8 Å². The number of amides is 1. The Morgan fingerprint density at radius 3 is 2.05 bits per heavy atom. The highest BCUT2D eigenvalue weighted by Gasteiger charge is 2.39. The molecule has 0 saturated heterocycles. The second kappa shape index (κ2) is 6.37. The second-order valence-electron chi connectivity index (χ2n) is 6.45. The fraction of sp³-hybridized carbons (Fsp3) is 0.857. The predicted molar refractivity (Wildman–Crippen MR) is 74.0 cm³/mol. The van der Waals surface area contributed by atoms with E-state index in [-0.39, 0.29) is 18.0 Å². The van der Waals surface area contributed by atoms with Crippen LogP contribution in [-0.4, -0.2) is 34.6 Å². The largest absolute Gasteiger partial charge is 0.480 e. The standard InChI is InChI=1S/C14H26N2O3/c1-13(2,3)15-10-11(17)16-14(12(18)19)8-6-4-5-7-9-14/h15H,4-10H2,1-3H3,(H,16,17)(H,18,19). The summed E-state index contributed by atoms with van der Waals surface area (Å²) in [6.45, 7) is 6.06. The molecule has 0 spiro atoms. The summed E-state index contributed by atoms with van der Waals surface area (Å²) in [6.07, 6.45) is 4.88. The second-order valence-corrected chi connectivity index (χ2v) is 6.45. The topological polar surface area (TPSA) is 78.4 Å². The summed E-state index contributed by atoms with van der Waals surface area (Å²) in [5, 5.41) is 15.3.